The minimum atomic E-state index is -2.71. The third-order valence-electron chi connectivity index (χ3n) is 7.71. The van der Waals surface area contributed by atoms with Crippen LogP contribution in [0.3, 0.4) is 0 Å². The average Bonchev–Trinajstić information content (AvgIpc) is 3.53. The molecule has 0 aromatic heterocycles. The van der Waals surface area contributed by atoms with E-state index in [1.807, 2.05) is 39.0 Å². The molecule has 3 aromatic rings. The molecule has 0 saturated carbocycles. The van der Waals surface area contributed by atoms with E-state index >= 15 is 0 Å². The molecule has 194 valence electrons. The molecule has 2 saturated heterocycles. The predicted molar refractivity (Wildman–Crippen MR) is 153 cm³/mol. The van der Waals surface area contributed by atoms with Gasteiger partial charge in [0, 0.05) is 0 Å². The van der Waals surface area contributed by atoms with Gasteiger partial charge in [0.15, 0.2) is 0 Å². The Kier molecular flexibility index (Phi) is 7.09. The maximum atomic E-state index is 14.4. The second-order valence-corrected chi connectivity index (χ2v) is 15.2. The number of likely N-dealkylation sites (tertiary alicyclic amines) is 2. The van der Waals surface area contributed by atoms with Crippen LogP contribution in [-0.2, 0) is 9.53 Å². The van der Waals surface area contributed by atoms with Crippen LogP contribution < -0.4 is 15.9 Å². The normalized spacial score (nSPS) is 20.8. The van der Waals surface area contributed by atoms with Gasteiger partial charge in [0.2, 0.25) is 0 Å². The minimum absolute atomic E-state index is 0.0269. The Morgan fingerprint density at radius 3 is 1.73 bits per heavy atom. The van der Waals surface area contributed by atoms with Gasteiger partial charge in [0.25, 0.3) is 0 Å². The molecule has 0 radical (unpaired) electrons. The summed E-state index contributed by atoms with van der Waals surface area (Å²) in [4.78, 5) is 30.9. The molecule has 2 atom stereocenters. The number of benzene rings is 3. The summed E-state index contributed by atoms with van der Waals surface area (Å²) in [6.45, 7) is 7.52. The molecule has 0 N–H and O–H groups in total. The average molecular weight is 517 g/mol. The topological polar surface area (TPSA) is 49.9 Å². The van der Waals surface area contributed by atoms with Gasteiger partial charge in [0.05, 0.1) is 0 Å². The molecule has 0 bridgehead atoms. The monoisotopic (exact) mass is 516 g/mol. The number of carbonyl (C=O) groups excluding carboxylic acids is 2. The second kappa shape index (κ2) is 10.3. The molecule has 0 unspecified atom stereocenters. The number of hydrogen-bond donors (Lipinski definition) is 0. The van der Waals surface area contributed by atoms with E-state index in [4.69, 9.17) is 4.74 Å². The Labute approximate surface area is 220 Å². The van der Waals surface area contributed by atoms with Gasteiger partial charge in [-0.15, -0.1) is 0 Å². The molecular weight excluding hydrogens is 479 g/mol. The zero-order valence-corrected chi connectivity index (χ0v) is 23.0. The molecule has 5 rings (SSSR count). The molecule has 37 heavy (non-hydrogen) atoms. The van der Waals surface area contributed by atoms with E-state index in [9.17, 15) is 9.59 Å². The van der Waals surface area contributed by atoms with Gasteiger partial charge in [-0.2, -0.15) is 0 Å². The summed E-state index contributed by atoms with van der Waals surface area (Å²) >= 11 is 0. The third-order valence-corrected chi connectivity index (χ3v) is 13.0. The van der Waals surface area contributed by atoms with Gasteiger partial charge in [-0.05, 0) is 0 Å². The summed E-state index contributed by atoms with van der Waals surface area (Å²) in [5, 5.41) is 3.78. The van der Waals surface area contributed by atoms with Gasteiger partial charge in [-0.25, -0.2) is 0 Å². The van der Waals surface area contributed by atoms with E-state index in [0.717, 1.165) is 19.4 Å². The van der Waals surface area contributed by atoms with Crippen molar-refractivity contribution in [2.45, 2.75) is 50.9 Å². The van der Waals surface area contributed by atoms with Gasteiger partial charge in [-0.1, -0.05) is 0 Å². The number of amides is 2. The Morgan fingerprint density at radius 1 is 0.784 bits per heavy atom. The van der Waals surface area contributed by atoms with Gasteiger partial charge >= 0.3 is 221 Å². The van der Waals surface area contributed by atoms with Crippen molar-refractivity contribution in [3.8, 4) is 0 Å². The Morgan fingerprint density at radius 2 is 1.27 bits per heavy atom. The molecule has 2 aliphatic heterocycles. The van der Waals surface area contributed by atoms with Crippen molar-refractivity contribution in [3.63, 3.8) is 0 Å². The molecule has 2 amide bonds. The van der Waals surface area contributed by atoms with Crippen LogP contribution in [0.25, 0.3) is 0 Å². The van der Waals surface area contributed by atoms with Gasteiger partial charge in [0.1, 0.15) is 0 Å². The Hall–Kier alpha value is -3.17. The van der Waals surface area contributed by atoms with Crippen molar-refractivity contribution in [2.75, 3.05) is 19.6 Å². The summed E-state index contributed by atoms with van der Waals surface area (Å²) in [6.07, 6.45) is 1.31. The number of nitrogens with zero attached hydrogens (tertiary/aromatic N) is 2. The fraction of sp³-hybridized carbons (Fsp3) is 0.355. The number of carbonyl (C=O) groups is 2. The molecule has 0 spiro atoms. The fourth-order valence-corrected chi connectivity index (χ4v) is 11.6. The van der Waals surface area contributed by atoms with Crippen LogP contribution in [-0.4, -0.2) is 58.7 Å². The number of rotatable bonds is 5. The van der Waals surface area contributed by atoms with E-state index in [1.165, 1.54) is 15.9 Å². The third kappa shape index (κ3) is 4.90. The SMILES string of the molecule is CC(C)(C)OC(=O)N1CC[C@@H](N2CC[C@H]([PH](c3ccccc3)(c3ccccc3)c3ccccc3)C2=O)C1. The van der Waals surface area contributed by atoms with Crippen molar-refractivity contribution in [1.29, 1.82) is 0 Å². The van der Waals surface area contributed by atoms with Crippen molar-refractivity contribution >= 4 is 35.2 Å². The number of hydrogen-bond acceptors (Lipinski definition) is 3. The van der Waals surface area contributed by atoms with Crippen molar-refractivity contribution < 1.29 is 14.3 Å². The van der Waals surface area contributed by atoms with Crippen molar-refractivity contribution in [3.05, 3.63) is 91.0 Å². The fourth-order valence-electron chi connectivity index (χ4n) is 6.16. The number of ether oxygens (including phenoxy) is 1. The van der Waals surface area contributed by atoms with Crippen molar-refractivity contribution in [1.82, 2.24) is 9.80 Å². The van der Waals surface area contributed by atoms with Crippen LogP contribution in [0, 0.1) is 0 Å². The predicted octanol–water partition coefficient (Wildman–Crippen LogP) is 4.32. The molecule has 0 aliphatic carbocycles. The van der Waals surface area contributed by atoms with Gasteiger partial charge in [-0.3, -0.25) is 0 Å². The molecule has 6 heteroatoms. The van der Waals surface area contributed by atoms with E-state index in [2.05, 4.69) is 77.7 Å². The summed E-state index contributed by atoms with van der Waals surface area (Å²) in [5.74, 6) is 0.222. The first kappa shape index (κ1) is 25.5. The summed E-state index contributed by atoms with van der Waals surface area (Å²) in [6, 6.07) is 32.0. The second-order valence-electron chi connectivity index (χ2n) is 11.1. The molecule has 3 aromatic carbocycles. The zero-order valence-electron chi connectivity index (χ0n) is 22.0. The van der Waals surface area contributed by atoms with E-state index in [1.54, 1.807) is 4.90 Å². The summed E-state index contributed by atoms with van der Waals surface area (Å²) in [5.41, 5.74) is -0.647. The first-order chi connectivity index (χ1) is 17.8. The quantitative estimate of drug-likeness (QED) is 0.475. The Balaban J connectivity index is 1.51. The summed E-state index contributed by atoms with van der Waals surface area (Å²) < 4.78 is 5.60. The van der Waals surface area contributed by atoms with E-state index < -0.39 is 12.9 Å². The zero-order chi connectivity index (χ0) is 26.0. The van der Waals surface area contributed by atoms with Crippen LogP contribution in [0.15, 0.2) is 91.0 Å². The van der Waals surface area contributed by atoms with Crippen molar-refractivity contribution in [2.24, 2.45) is 0 Å². The van der Waals surface area contributed by atoms with Crippen LogP contribution in [0.4, 0.5) is 4.79 Å². The molecule has 2 aliphatic rings. The first-order valence-electron chi connectivity index (χ1n) is 13.3. The van der Waals surface area contributed by atoms with Crippen LogP contribution in [0.5, 0.6) is 0 Å². The molecule has 2 fully saturated rings. The molecule has 5 nitrogen and oxygen atoms in total. The van der Waals surface area contributed by atoms with Crippen LogP contribution in [0.2, 0.25) is 0 Å². The first-order valence-corrected chi connectivity index (χ1v) is 15.3. The Bertz CT molecular complexity index is 1130. The van der Waals surface area contributed by atoms with E-state index in [0.29, 0.717) is 13.1 Å². The molecule has 2 heterocycles. The molecular formula is C31H37N2O3P. The van der Waals surface area contributed by atoms with Crippen LogP contribution in [0.1, 0.15) is 33.6 Å². The summed E-state index contributed by atoms with van der Waals surface area (Å²) in [7, 11) is -2.71. The van der Waals surface area contributed by atoms with Crippen LogP contribution >= 0.6 is 7.26 Å². The van der Waals surface area contributed by atoms with Gasteiger partial charge < -0.3 is 0 Å². The maximum absolute atomic E-state index is 14.4. The standard InChI is InChI=1S/C31H37N2O3P/c1-31(2,3)36-30(35)32-21-19-24(23-32)33-22-20-28(29(33)34)37(25-13-7-4-8-14-25,26-15-9-5-10-16-26)27-17-11-6-12-18-27/h4-18,24,28,37H,19-23H2,1-3H3/t24-,28+/m1/s1. The van der Waals surface area contributed by atoms with E-state index in [-0.39, 0.29) is 23.7 Å².